The number of nitrogens with zero attached hydrogens (tertiary/aromatic N) is 2. The molecule has 39 heavy (non-hydrogen) atoms. The van der Waals surface area contributed by atoms with Crippen molar-refractivity contribution < 1.29 is 19.4 Å². The van der Waals surface area contributed by atoms with Gasteiger partial charge in [-0.3, -0.25) is 9.97 Å². The lowest BCUT2D eigenvalue weighted by molar-refractivity contribution is 0.0303. The number of aromatic nitrogens is 2. The maximum atomic E-state index is 13.0. The van der Waals surface area contributed by atoms with Gasteiger partial charge in [-0.25, -0.2) is 4.79 Å². The third-order valence-corrected chi connectivity index (χ3v) is 6.43. The molecule has 0 spiro atoms. The molecule has 0 aliphatic heterocycles. The van der Waals surface area contributed by atoms with Gasteiger partial charge >= 0.3 is 5.97 Å². The highest BCUT2D eigenvalue weighted by Gasteiger charge is 2.19. The molecule has 200 valence electrons. The van der Waals surface area contributed by atoms with Crippen molar-refractivity contribution in [1.29, 1.82) is 0 Å². The fourth-order valence-corrected chi connectivity index (χ4v) is 4.31. The zero-order valence-corrected chi connectivity index (χ0v) is 22.3. The summed E-state index contributed by atoms with van der Waals surface area (Å²) in [4.78, 5) is 21.7. The summed E-state index contributed by atoms with van der Waals surface area (Å²) in [7, 11) is 0. The summed E-state index contributed by atoms with van der Waals surface area (Å²) in [5, 5.41) is 10.1. The number of allylic oxidation sites excluding steroid dienone is 2. The van der Waals surface area contributed by atoms with Crippen molar-refractivity contribution in [3.63, 3.8) is 0 Å². The first-order chi connectivity index (χ1) is 19.1. The molecule has 2 heterocycles. The van der Waals surface area contributed by atoms with Crippen LogP contribution in [0.3, 0.4) is 0 Å². The lowest BCUT2D eigenvalue weighted by Crippen LogP contribution is -2.12. The number of aliphatic hydroxyl groups excluding tert-OH is 1. The zero-order valence-electron chi connectivity index (χ0n) is 22.3. The Morgan fingerprint density at radius 2 is 1.82 bits per heavy atom. The second-order valence-corrected chi connectivity index (χ2v) is 9.25. The quantitative estimate of drug-likeness (QED) is 0.149. The smallest absolute Gasteiger partial charge is 0.338 e. The van der Waals surface area contributed by atoms with Gasteiger partial charge in [0.15, 0.2) is 0 Å². The van der Waals surface area contributed by atoms with Crippen LogP contribution in [0.25, 0.3) is 16.5 Å². The molecule has 2 aromatic carbocycles. The first-order valence-electron chi connectivity index (χ1n) is 13.3. The summed E-state index contributed by atoms with van der Waals surface area (Å²) < 4.78 is 11.5. The molecule has 0 saturated carbocycles. The Kier molecular flexibility index (Phi) is 9.98. The van der Waals surface area contributed by atoms with Crippen LogP contribution in [0, 0.1) is 0 Å². The van der Waals surface area contributed by atoms with Gasteiger partial charge in [0.1, 0.15) is 18.5 Å². The van der Waals surface area contributed by atoms with Gasteiger partial charge in [-0.05, 0) is 65.9 Å². The number of unbranched alkanes of at least 4 members (excludes halogenated alkanes) is 1. The topological polar surface area (TPSA) is 81.5 Å². The molecule has 4 rings (SSSR count). The van der Waals surface area contributed by atoms with Gasteiger partial charge in [0.25, 0.3) is 0 Å². The minimum absolute atomic E-state index is 0.0625. The van der Waals surface area contributed by atoms with Crippen molar-refractivity contribution in [3.05, 3.63) is 120 Å². The molecule has 0 saturated heterocycles. The van der Waals surface area contributed by atoms with Gasteiger partial charge in [-0.15, -0.1) is 0 Å². The minimum atomic E-state index is -0.542. The summed E-state index contributed by atoms with van der Waals surface area (Å²) in [6, 6.07) is 20.8. The second kappa shape index (κ2) is 14.0. The fourth-order valence-electron chi connectivity index (χ4n) is 4.31. The Morgan fingerprint density at radius 3 is 2.56 bits per heavy atom. The van der Waals surface area contributed by atoms with E-state index < -0.39 is 12.1 Å². The monoisotopic (exact) mass is 522 g/mol. The van der Waals surface area contributed by atoms with Crippen LogP contribution in [0.1, 0.15) is 60.2 Å². The van der Waals surface area contributed by atoms with Crippen LogP contribution in [-0.4, -0.2) is 34.3 Å². The summed E-state index contributed by atoms with van der Waals surface area (Å²) in [5.41, 5.74) is 5.23. The van der Waals surface area contributed by atoms with Gasteiger partial charge < -0.3 is 14.6 Å². The molecule has 0 radical (unpaired) electrons. The van der Waals surface area contributed by atoms with E-state index in [0.717, 1.165) is 52.4 Å². The third-order valence-electron chi connectivity index (χ3n) is 6.43. The van der Waals surface area contributed by atoms with Gasteiger partial charge in [0.2, 0.25) is 0 Å². The number of ether oxygens (including phenoxy) is 2. The summed E-state index contributed by atoms with van der Waals surface area (Å²) in [6.45, 7) is 6.72. The molecule has 0 unspecified atom stereocenters. The predicted octanol–water partition coefficient (Wildman–Crippen LogP) is 7.12. The Bertz CT molecular complexity index is 1410. The van der Waals surface area contributed by atoms with E-state index in [1.54, 1.807) is 24.5 Å². The lowest BCUT2D eigenvalue weighted by atomic mass is 9.93. The molecule has 4 aromatic rings. The first-order valence-corrected chi connectivity index (χ1v) is 13.3. The molecule has 0 aliphatic carbocycles. The molecule has 0 bridgehead atoms. The summed E-state index contributed by atoms with van der Waals surface area (Å²) in [5.74, 6) is 0.216. The number of para-hydroxylation sites is 1. The number of carbonyl (C=O) groups is 1. The summed E-state index contributed by atoms with van der Waals surface area (Å²) in [6.07, 6.45) is 10.0. The molecule has 6 nitrogen and oxygen atoms in total. The molecule has 1 atom stereocenters. The van der Waals surface area contributed by atoms with Crippen LogP contribution in [0.15, 0.2) is 104 Å². The maximum Gasteiger partial charge on any atom is 0.338 e. The molecule has 0 fully saturated rings. The maximum absolute atomic E-state index is 13.0. The Balaban J connectivity index is 1.67. The van der Waals surface area contributed by atoms with Gasteiger partial charge in [-0.1, -0.05) is 56.3 Å². The SMILES string of the molecule is C=C(CCCC)/C(=C/C[C@H](OC(=O)c1ccncc1)c1ccc(OCCO)cc1)c1cnc2ccccc2c1. The predicted molar refractivity (Wildman–Crippen MR) is 154 cm³/mol. The molecule has 2 aromatic heterocycles. The van der Waals surface area contributed by atoms with E-state index in [1.165, 1.54) is 0 Å². The summed E-state index contributed by atoms with van der Waals surface area (Å²) >= 11 is 0. The van der Waals surface area contributed by atoms with Crippen molar-refractivity contribution in [2.24, 2.45) is 0 Å². The van der Waals surface area contributed by atoms with Gasteiger partial charge in [-0.2, -0.15) is 0 Å². The number of pyridine rings is 2. The minimum Gasteiger partial charge on any atom is -0.491 e. The van der Waals surface area contributed by atoms with E-state index >= 15 is 0 Å². The van der Waals surface area contributed by atoms with Crippen molar-refractivity contribution in [2.75, 3.05) is 13.2 Å². The first kappa shape index (κ1) is 27.7. The van der Waals surface area contributed by atoms with E-state index in [1.807, 2.05) is 48.7 Å². The van der Waals surface area contributed by atoms with Crippen LogP contribution in [0.4, 0.5) is 0 Å². The number of fused-ring (bicyclic) bond motifs is 1. The van der Waals surface area contributed by atoms with Gasteiger partial charge in [0.05, 0.1) is 17.7 Å². The highest BCUT2D eigenvalue weighted by atomic mass is 16.5. The normalized spacial score (nSPS) is 12.2. The Morgan fingerprint density at radius 1 is 1.05 bits per heavy atom. The molecular formula is C33H34N2O4. The number of rotatable bonds is 13. The zero-order chi connectivity index (χ0) is 27.5. The van der Waals surface area contributed by atoms with Crippen LogP contribution in [0.2, 0.25) is 0 Å². The van der Waals surface area contributed by atoms with Crippen LogP contribution < -0.4 is 4.74 Å². The lowest BCUT2D eigenvalue weighted by Gasteiger charge is -2.19. The average molecular weight is 523 g/mol. The van der Waals surface area contributed by atoms with Gasteiger partial charge in [0, 0.05) is 36.0 Å². The number of aliphatic hydroxyl groups is 1. The highest BCUT2D eigenvalue weighted by molar-refractivity contribution is 5.89. The number of hydrogen-bond acceptors (Lipinski definition) is 6. The van der Waals surface area contributed by atoms with Crippen molar-refractivity contribution in [2.45, 2.75) is 38.7 Å². The van der Waals surface area contributed by atoms with Crippen molar-refractivity contribution in [3.8, 4) is 5.75 Å². The number of esters is 1. The molecule has 1 N–H and O–H groups in total. The van der Waals surface area contributed by atoms with E-state index in [2.05, 4.69) is 41.7 Å². The van der Waals surface area contributed by atoms with E-state index in [9.17, 15) is 4.79 Å². The molecular weight excluding hydrogens is 488 g/mol. The number of benzene rings is 2. The van der Waals surface area contributed by atoms with Crippen LogP contribution in [0.5, 0.6) is 5.75 Å². The Hall–Kier alpha value is -4.29. The van der Waals surface area contributed by atoms with Crippen LogP contribution in [-0.2, 0) is 4.74 Å². The largest absolute Gasteiger partial charge is 0.491 e. The fraction of sp³-hybridized carbons (Fsp3) is 0.242. The molecule has 6 heteroatoms. The average Bonchev–Trinajstić information content (AvgIpc) is 2.99. The third kappa shape index (κ3) is 7.62. The second-order valence-electron chi connectivity index (χ2n) is 9.25. The number of hydrogen-bond donors (Lipinski definition) is 1. The molecule has 0 amide bonds. The standard InChI is InChI=1S/C33H34N2O4/c1-3-4-7-24(2)30(28-22-27-8-5-6-9-31(27)35-23-28)14-15-32(39-33(37)26-16-18-34-19-17-26)25-10-12-29(13-11-25)38-21-20-36/h5-6,8-14,16-19,22-23,32,36H,2-4,7,15,20-21H2,1H3/b30-14-/t32-/m0/s1. The highest BCUT2D eigenvalue weighted by Crippen LogP contribution is 2.32. The Labute approximate surface area is 229 Å². The van der Waals surface area contributed by atoms with E-state index in [0.29, 0.717) is 17.7 Å². The van der Waals surface area contributed by atoms with E-state index in [-0.39, 0.29) is 13.2 Å². The molecule has 0 aliphatic rings. The van der Waals surface area contributed by atoms with E-state index in [4.69, 9.17) is 14.6 Å². The van der Waals surface area contributed by atoms with Crippen molar-refractivity contribution in [1.82, 2.24) is 9.97 Å². The van der Waals surface area contributed by atoms with Crippen LogP contribution >= 0.6 is 0 Å². The van der Waals surface area contributed by atoms with Crippen molar-refractivity contribution >= 4 is 22.4 Å². The number of carbonyl (C=O) groups excluding carboxylic acids is 1.